The molecule has 0 saturated carbocycles. The van der Waals surface area contributed by atoms with Crippen LogP contribution in [-0.4, -0.2) is 15.6 Å². The van der Waals surface area contributed by atoms with Crippen molar-refractivity contribution in [3.8, 4) is 0 Å². The highest BCUT2D eigenvalue weighted by Gasteiger charge is 2.06. The van der Waals surface area contributed by atoms with E-state index < -0.39 is 0 Å². The zero-order chi connectivity index (χ0) is 8.10. The van der Waals surface area contributed by atoms with Gasteiger partial charge < -0.3 is 0 Å². The summed E-state index contributed by atoms with van der Waals surface area (Å²) < 4.78 is 0. The van der Waals surface area contributed by atoms with Crippen LogP contribution < -0.4 is 0 Å². The minimum Gasteiger partial charge on any atom is -0.250 e. The van der Waals surface area contributed by atoms with E-state index in [0.29, 0.717) is 5.92 Å². The lowest BCUT2D eigenvalue weighted by Gasteiger charge is -2.06. The molecular formula is C7H9Br2NS. The minimum atomic E-state index is 0.664. The molecule has 0 aliphatic rings. The molecule has 0 bridgehead atoms. The van der Waals surface area contributed by atoms with Gasteiger partial charge >= 0.3 is 0 Å². The van der Waals surface area contributed by atoms with Crippen molar-refractivity contribution in [2.45, 2.75) is 6.42 Å². The van der Waals surface area contributed by atoms with Crippen molar-refractivity contribution in [1.82, 2.24) is 4.98 Å². The maximum Gasteiger partial charge on any atom is 0.0794 e. The molecule has 62 valence electrons. The number of nitrogens with zero attached hydrogens (tertiary/aromatic N) is 1. The van der Waals surface area contributed by atoms with Crippen LogP contribution in [0.1, 0.15) is 5.69 Å². The van der Waals surface area contributed by atoms with Gasteiger partial charge in [0.25, 0.3) is 0 Å². The standard InChI is InChI=1S/C7H9Br2NS/c8-2-6(3-9)1-7-4-11-5-10-7/h4-6H,1-3H2. The lowest BCUT2D eigenvalue weighted by molar-refractivity contribution is 0.669. The first-order chi connectivity index (χ1) is 5.36. The predicted molar refractivity (Wildman–Crippen MR) is 56.9 cm³/mol. The predicted octanol–water partition coefficient (Wildman–Crippen LogP) is 3.09. The molecule has 1 aromatic heterocycles. The Balaban J connectivity index is 2.41. The fraction of sp³-hybridized carbons (Fsp3) is 0.571. The van der Waals surface area contributed by atoms with Crippen LogP contribution in [0.3, 0.4) is 0 Å². The Kier molecular flexibility index (Phi) is 4.64. The van der Waals surface area contributed by atoms with Crippen LogP contribution in [0.15, 0.2) is 10.9 Å². The normalized spacial score (nSPS) is 10.8. The first kappa shape index (κ1) is 9.68. The highest BCUT2D eigenvalue weighted by Crippen LogP contribution is 2.13. The van der Waals surface area contributed by atoms with Crippen LogP contribution in [0.25, 0.3) is 0 Å². The average molecular weight is 299 g/mol. The first-order valence-corrected chi connectivity index (χ1v) is 6.54. The third-order valence-corrected chi connectivity index (χ3v) is 3.88. The summed E-state index contributed by atoms with van der Waals surface area (Å²) in [5.74, 6) is 0.664. The summed E-state index contributed by atoms with van der Waals surface area (Å²) in [7, 11) is 0. The zero-order valence-corrected chi connectivity index (χ0v) is 9.95. The summed E-state index contributed by atoms with van der Waals surface area (Å²) in [5.41, 5.74) is 3.09. The van der Waals surface area contributed by atoms with Gasteiger partial charge in [-0.2, -0.15) is 0 Å². The first-order valence-electron chi connectivity index (χ1n) is 3.35. The largest absolute Gasteiger partial charge is 0.250 e. The van der Waals surface area contributed by atoms with E-state index in [1.54, 1.807) is 11.3 Å². The van der Waals surface area contributed by atoms with Crippen molar-refractivity contribution >= 4 is 43.2 Å². The number of thiazole rings is 1. The maximum absolute atomic E-state index is 4.23. The van der Waals surface area contributed by atoms with Crippen molar-refractivity contribution in [3.05, 3.63) is 16.6 Å². The van der Waals surface area contributed by atoms with E-state index in [1.165, 1.54) is 5.69 Å². The summed E-state index contributed by atoms with van der Waals surface area (Å²) in [6, 6.07) is 0. The van der Waals surface area contributed by atoms with Gasteiger partial charge in [-0.25, -0.2) is 4.98 Å². The molecule has 0 aliphatic carbocycles. The zero-order valence-electron chi connectivity index (χ0n) is 5.96. The van der Waals surface area contributed by atoms with Crippen LogP contribution >= 0.6 is 43.2 Å². The molecule has 1 heterocycles. The van der Waals surface area contributed by atoms with Gasteiger partial charge in [-0.15, -0.1) is 11.3 Å². The summed E-state index contributed by atoms with van der Waals surface area (Å²) in [6.45, 7) is 0. The SMILES string of the molecule is BrCC(CBr)Cc1cscn1. The van der Waals surface area contributed by atoms with Crippen LogP contribution in [0.2, 0.25) is 0 Å². The quantitative estimate of drug-likeness (QED) is 0.779. The molecule has 0 aromatic carbocycles. The number of hydrogen-bond donors (Lipinski definition) is 0. The van der Waals surface area contributed by atoms with Crippen molar-refractivity contribution in [3.63, 3.8) is 0 Å². The molecule has 1 aromatic rings. The third-order valence-electron chi connectivity index (χ3n) is 1.42. The van der Waals surface area contributed by atoms with Gasteiger partial charge in [-0.3, -0.25) is 0 Å². The molecule has 0 N–H and O–H groups in total. The molecule has 4 heteroatoms. The molecule has 0 atom stereocenters. The van der Waals surface area contributed by atoms with E-state index >= 15 is 0 Å². The number of aromatic nitrogens is 1. The molecule has 0 amide bonds. The van der Waals surface area contributed by atoms with Crippen LogP contribution in [0.4, 0.5) is 0 Å². The van der Waals surface area contributed by atoms with Gasteiger partial charge in [-0.05, 0) is 12.3 Å². The summed E-state index contributed by atoms with van der Waals surface area (Å²) in [5, 5.41) is 4.18. The molecule has 1 rings (SSSR count). The fourth-order valence-electron chi connectivity index (χ4n) is 0.784. The molecular weight excluding hydrogens is 290 g/mol. The Morgan fingerprint density at radius 1 is 1.45 bits per heavy atom. The second kappa shape index (κ2) is 5.27. The minimum absolute atomic E-state index is 0.664. The lowest BCUT2D eigenvalue weighted by Crippen LogP contribution is -2.07. The Morgan fingerprint density at radius 2 is 2.18 bits per heavy atom. The Morgan fingerprint density at radius 3 is 2.64 bits per heavy atom. The maximum atomic E-state index is 4.23. The number of hydrogen-bond acceptors (Lipinski definition) is 2. The van der Waals surface area contributed by atoms with E-state index in [9.17, 15) is 0 Å². The number of alkyl halides is 2. The van der Waals surface area contributed by atoms with Gasteiger partial charge in [0, 0.05) is 16.0 Å². The number of rotatable bonds is 4. The van der Waals surface area contributed by atoms with E-state index in [2.05, 4.69) is 42.2 Å². The monoisotopic (exact) mass is 297 g/mol. The molecule has 0 saturated heterocycles. The summed E-state index contributed by atoms with van der Waals surface area (Å²) in [4.78, 5) is 4.23. The van der Waals surface area contributed by atoms with Gasteiger partial charge in [0.05, 0.1) is 11.2 Å². The second-order valence-electron chi connectivity index (χ2n) is 2.36. The highest BCUT2D eigenvalue weighted by atomic mass is 79.9. The molecule has 0 radical (unpaired) electrons. The highest BCUT2D eigenvalue weighted by molar-refractivity contribution is 9.09. The topological polar surface area (TPSA) is 12.9 Å². The third kappa shape index (κ3) is 3.22. The second-order valence-corrected chi connectivity index (χ2v) is 4.37. The lowest BCUT2D eigenvalue weighted by atomic mass is 10.1. The van der Waals surface area contributed by atoms with Gasteiger partial charge in [-0.1, -0.05) is 31.9 Å². The van der Waals surface area contributed by atoms with Gasteiger partial charge in [0.1, 0.15) is 0 Å². The number of halogens is 2. The van der Waals surface area contributed by atoms with Crippen molar-refractivity contribution in [2.24, 2.45) is 5.92 Å². The molecule has 11 heavy (non-hydrogen) atoms. The molecule has 0 unspecified atom stereocenters. The Labute approximate surface area is 87.5 Å². The Bertz CT molecular complexity index is 184. The Hall–Kier alpha value is 0.590. The van der Waals surface area contributed by atoms with E-state index in [0.717, 1.165) is 17.1 Å². The van der Waals surface area contributed by atoms with Crippen molar-refractivity contribution < 1.29 is 0 Å². The van der Waals surface area contributed by atoms with E-state index in [1.807, 2.05) is 5.51 Å². The van der Waals surface area contributed by atoms with E-state index in [4.69, 9.17) is 0 Å². The van der Waals surface area contributed by atoms with Crippen LogP contribution in [0.5, 0.6) is 0 Å². The van der Waals surface area contributed by atoms with Crippen molar-refractivity contribution in [1.29, 1.82) is 0 Å². The van der Waals surface area contributed by atoms with Gasteiger partial charge in [0.2, 0.25) is 0 Å². The van der Waals surface area contributed by atoms with Crippen molar-refractivity contribution in [2.75, 3.05) is 10.7 Å². The molecule has 0 spiro atoms. The molecule has 1 nitrogen and oxygen atoms in total. The average Bonchev–Trinajstić information content (AvgIpc) is 2.52. The van der Waals surface area contributed by atoms with Gasteiger partial charge in [0.15, 0.2) is 0 Å². The van der Waals surface area contributed by atoms with Crippen LogP contribution in [0, 0.1) is 5.92 Å². The smallest absolute Gasteiger partial charge is 0.0794 e. The van der Waals surface area contributed by atoms with Crippen LogP contribution in [-0.2, 0) is 6.42 Å². The molecule has 0 aliphatic heterocycles. The fourth-order valence-corrected chi connectivity index (χ4v) is 2.89. The van der Waals surface area contributed by atoms with E-state index in [-0.39, 0.29) is 0 Å². The summed E-state index contributed by atoms with van der Waals surface area (Å²) in [6.07, 6.45) is 1.07. The summed E-state index contributed by atoms with van der Waals surface area (Å²) >= 11 is 8.60. The molecule has 0 fully saturated rings.